The fourth-order valence-corrected chi connectivity index (χ4v) is 2.08. The molecule has 0 fully saturated rings. The maximum absolute atomic E-state index is 13.8. The van der Waals surface area contributed by atoms with Crippen LogP contribution < -0.4 is 9.64 Å². The molecule has 0 heterocycles. The van der Waals surface area contributed by atoms with Gasteiger partial charge in [0, 0.05) is 18.7 Å². The number of anilines is 1. The number of carbonyl (C=O) groups is 1. The number of hydrogen-bond acceptors (Lipinski definition) is 2. The summed E-state index contributed by atoms with van der Waals surface area (Å²) < 4.78 is 32.2. The molecule has 0 N–H and O–H groups in total. The average molecular weight is 319 g/mol. The Morgan fingerprint density at radius 1 is 1.13 bits per heavy atom. The van der Waals surface area contributed by atoms with Gasteiger partial charge in [-0.25, -0.2) is 8.78 Å². The summed E-state index contributed by atoms with van der Waals surface area (Å²) in [6.07, 6.45) is 2.01. The van der Waals surface area contributed by atoms with Crippen molar-refractivity contribution in [1.82, 2.24) is 0 Å². The van der Waals surface area contributed by atoms with Crippen molar-refractivity contribution in [2.75, 3.05) is 18.6 Å². The lowest BCUT2D eigenvalue weighted by Crippen LogP contribution is -2.27. The second-order valence-electron chi connectivity index (χ2n) is 5.19. The van der Waals surface area contributed by atoms with E-state index in [1.165, 1.54) is 13.1 Å². The number of hydrogen-bond donors (Lipinski definition) is 0. The molecule has 0 aliphatic carbocycles. The number of carbonyl (C=O) groups excluding carboxylic acids is 1. The van der Waals surface area contributed by atoms with Gasteiger partial charge in [0.25, 0.3) is 5.91 Å². The molecule has 2 aromatic carbocycles. The monoisotopic (exact) mass is 319 g/mol. The number of amides is 1. The summed E-state index contributed by atoms with van der Waals surface area (Å²) in [5, 5.41) is 0. The standard InChI is InChI=1S/C18H19F2NO2/c1-3-4-11-23-15-8-5-13(6-9-15)18(22)21(2)17-10-7-14(19)12-16(17)20/h5-10,12H,3-4,11H2,1-2H3. The van der Waals surface area contributed by atoms with Gasteiger partial charge in [0.05, 0.1) is 12.3 Å². The molecule has 122 valence electrons. The summed E-state index contributed by atoms with van der Waals surface area (Å²) in [6, 6.07) is 9.78. The minimum Gasteiger partial charge on any atom is -0.494 e. The molecule has 0 aliphatic heterocycles. The predicted octanol–water partition coefficient (Wildman–Crippen LogP) is 4.42. The van der Waals surface area contributed by atoms with Crippen LogP contribution in [0.25, 0.3) is 0 Å². The molecule has 3 nitrogen and oxygen atoms in total. The van der Waals surface area contributed by atoms with Gasteiger partial charge in [-0.3, -0.25) is 4.79 Å². The van der Waals surface area contributed by atoms with Gasteiger partial charge in [0.1, 0.15) is 17.4 Å². The fraction of sp³-hybridized carbons (Fsp3) is 0.278. The van der Waals surface area contributed by atoms with Crippen LogP contribution in [0, 0.1) is 11.6 Å². The zero-order chi connectivity index (χ0) is 16.8. The van der Waals surface area contributed by atoms with Crippen molar-refractivity contribution in [2.45, 2.75) is 19.8 Å². The Morgan fingerprint density at radius 2 is 1.83 bits per heavy atom. The summed E-state index contributed by atoms with van der Waals surface area (Å²) in [7, 11) is 1.45. The molecule has 0 spiro atoms. The second kappa shape index (κ2) is 7.72. The van der Waals surface area contributed by atoms with Crippen molar-refractivity contribution in [3.05, 3.63) is 59.7 Å². The van der Waals surface area contributed by atoms with Crippen LogP contribution in [0.5, 0.6) is 5.75 Å². The third-order valence-corrected chi connectivity index (χ3v) is 3.44. The maximum atomic E-state index is 13.8. The zero-order valence-electron chi connectivity index (χ0n) is 13.2. The van der Waals surface area contributed by atoms with Gasteiger partial charge in [-0.15, -0.1) is 0 Å². The first-order valence-electron chi connectivity index (χ1n) is 7.49. The molecule has 1 amide bonds. The number of benzene rings is 2. The number of nitrogens with zero attached hydrogens (tertiary/aromatic N) is 1. The Labute approximate surface area is 134 Å². The summed E-state index contributed by atoms with van der Waals surface area (Å²) in [4.78, 5) is 13.5. The van der Waals surface area contributed by atoms with E-state index in [1.807, 2.05) is 0 Å². The topological polar surface area (TPSA) is 29.5 Å². The Kier molecular flexibility index (Phi) is 5.68. The third-order valence-electron chi connectivity index (χ3n) is 3.44. The van der Waals surface area contributed by atoms with E-state index in [9.17, 15) is 13.6 Å². The van der Waals surface area contributed by atoms with Crippen LogP contribution in [-0.4, -0.2) is 19.6 Å². The van der Waals surface area contributed by atoms with Gasteiger partial charge in [-0.2, -0.15) is 0 Å². The quantitative estimate of drug-likeness (QED) is 0.738. The normalized spacial score (nSPS) is 10.4. The lowest BCUT2D eigenvalue weighted by molar-refractivity contribution is 0.0992. The average Bonchev–Trinajstić information content (AvgIpc) is 2.54. The van der Waals surface area contributed by atoms with E-state index in [0.717, 1.165) is 29.9 Å². The Morgan fingerprint density at radius 3 is 2.43 bits per heavy atom. The van der Waals surface area contributed by atoms with Crippen LogP contribution in [0.3, 0.4) is 0 Å². The molecule has 0 saturated heterocycles. The van der Waals surface area contributed by atoms with Crippen molar-refractivity contribution in [3.8, 4) is 5.75 Å². The lowest BCUT2D eigenvalue weighted by Gasteiger charge is -2.18. The van der Waals surface area contributed by atoms with Crippen LogP contribution in [0.2, 0.25) is 0 Å². The molecule has 0 unspecified atom stereocenters. The van der Waals surface area contributed by atoms with Crippen LogP contribution >= 0.6 is 0 Å². The van der Waals surface area contributed by atoms with Gasteiger partial charge in [-0.1, -0.05) is 13.3 Å². The number of rotatable bonds is 6. The summed E-state index contributed by atoms with van der Waals surface area (Å²) in [6.45, 7) is 2.71. The Bertz CT molecular complexity index is 671. The molecule has 0 atom stereocenters. The first kappa shape index (κ1) is 16.9. The number of unbranched alkanes of at least 4 members (excludes halogenated alkanes) is 1. The van der Waals surface area contributed by atoms with Crippen molar-refractivity contribution < 1.29 is 18.3 Å². The smallest absolute Gasteiger partial charge is 0.258 e. The fourth-order valence-electron chi connectivity index (χ4n) is 2.08. The van der Waals surface area contributed by atoms with Gasteiger partial charge in [0.15, 0.2) is 0 Å². The minimum atomic E-state index is -0.777. The molecule has 2 aromatic rings. The van der Waals surface area contributed by atoms with E-state index in [1.54, 1.807) is 24.3 Å². The summed E-state index contributed by atoms with van der Waals surface area (Å²) >= 11 is 0. The van der Waals surface area contributed by atoms with Gasteiger partial charge in [-0.05, 0) is 42.8 Å². The van der Waals surface area contributed by atoms with Gasteiger partial charge < -0.3 is 9.64 Å². The van der Waals surface area contributed by atoms with Crippen LogP contribution in [0.1, 0.15) is 30.1 Å². The van der Waals surface area contributed by atoms with E-state index in [4.69, 9.17) is 4.74 Å². The largest absolute Gasteiger partial charge is 0.494 e. The Balaban J connectivity index is 2.10. The highest BCUT2D eigenvalue weighted by Gasteiger charge is 2.17. The van der Waals surface area contributed by atoms with E-state index in [0.29, 0.717) is 17.9 Å². The summed E-state index contributed by atoms with van der Waals surface area (Å²) in [5.41, 5.74) is 0.429. The second-order valence-corrected chi connectivity index (χ2v) is 5.19. The molecule has 2 rings (SSSR count). The first-order chi connectivity index (χ1) is 11.0. The minimum absolute atomic E-state index is 0.0275. The Hall–Kier alpha value is -2.43. The lowest BCUT2D eigenvalue weighted by atomic mass is 10.1. The SMILES string of the molecule is CCCCOc1ccc(C(=O)N(C)c2ccc(F)cc2F)cc1. The molecule has 0 saturated carbocycles. The highest BCUT2D eigenvalue weighted by Crippen LogP contribution is 2.21. The highest BCUT2D eigenvalue weighted by atomic mass is 19.1. The van der Waals surface area contributed by atoms with E-state index in [-0.39, 0.29) is 11.6 Å². The van der Waals surface area contributed by atoms with Gasteiger partial charge >= 0.3 is 0 Å². The van der Waals surface area contributed by atoms with E-state index in [2.05, 4.69) is 6.92 Å². The molecule has 23 heavy (non-hydrogen) atoms. The zero-order valence-corrected chi connectivity index (χ0v) is 13.2. The van der Waals surface area contributed by atoms with Gasteiger partial charge in [0.2, 0.25) is 0 Å². The number of ether oxygens (including phenoxy) is 1. The molecule has 0 radical (unpaired) electrons. The molecular weight excluding hydrogens is 300 g/mol. The predicted molar refractivity (Wildman–Crippen MR) is 85.9 cm³/mol. The highest BCUT2D eigenvalue weighted by molar-refractivity contribution is 6.05. The van der Waals surface area contributed by atoms with Crippen LogP contribution in [0.4, 0.5) is 14.5 Å². The molecule has 0 aromatic heterocycles. The molecule has 0 bridgehead atoms. The van der Waals surface area contributed by atoms with Crippen LogP contribution in [-0.2, 0) is 0 Å². The van der Waals surface area contributed by atoms with Crippen molar-refractivity contribution >= 4 is 11.6 Å². The van der Waals surface area contributed by atoms with Crippen molar-refractivity contribution in [2.24, 2.45) is 0 Å². The van der Waals surface area contributed by atoms with Crippen LogP contribution in [0.15, 0.2) is 42.5 Å². The van der Waals surface area contributed by atoms with Crippen molar-refractivity contribution in [3.63, 3.8) is 0 Å². The third kappa shape index (κ3) is 4.28. The van der Waals surface area contributed by atoms with Crippen molar-refractivity contribution in [1.29, 1.82) is 0 Å². The first-order valence-corrected chi connectivity index (χ1v) is 7.49. The maximum Gasteiger partial charge on any atom is 0.258 e. The number of halogens is 2. The van der Waals surface area contributed by atoms with E-state index < -0.39 is 11.6 Å². The summed E-state index contributed by atoms with van der Waals surface area (Å²) in [5.74, 6) is -1.15. The van der Waals surface area contributed by atoms with E-state index >= 15 is 0 Å². The molecule has 5 heteroatoms. The molecular formula is C18H19F2NO2. The molecule has 0 aliphatic rings.